The molecule has 29 heavy (non-hydrogen) atoms. The summed E-state index contributed by atoms with van der Waals surface area (Å²) in [4.78, 5) is 12.7. The van der Waals surface area contributed by atoms with Crippen molar-refractivity contribution in [2.45, 2.75) is 11.8 Å². The number of aryl methyl sites for hydroxylation is 1. The van der Waals surface area contributed by atoms with Crippen molar-refractivity contribution < 1.29 is 13.2 Å². The second-order valence-electron chi connectivity index (χ2n) is 6.41. The van der Waals surface area contributed by atoms with Crippen molar-refractivity contribution in [1.82, 2.24) is 0 Å². The minimum atomic E-state index is -3.75. The van der Waals surface area contributed by atoms with Gasteiger partial charge in [-0.25, -0.2) is 8.42 Å². The standard InChI is InChI=1S/C21H18Cl2N2O3S/c1-14-3-10-18(11-4-14)29(27,28)25(2)17-9-12-19(20(23)13-17)21(26)24-16-7-5-15(22)6-8-16/h3-13H,1-2H3,(H,24,26). The van der Waals surface area contributed by atoms with Gasteiger partial charge in [0, 0.05) is 17.8 Å². The molecule has 5 nitrogen and oxygen atoms in total. The zero-order valence-electron chi connectivity index (χ0n) is 15.7. The second kappa shape index (κ2) is 8.45. The minimum Gasteiger partial charge on any atom is -0.322 e. The first-order valence-electron chi connectivity index (χ1n) is 8.60. The van der Waals surface area contributed by atoms with Crippen LogP contribution in [-0.2, 0) is 10.0 Å². The van der Waals surface area contributed by atoms with E-state index < -0.39 is 15.9 Å². The summed E-state index contributed by atoms with van der Waals surface area (Å²) in [6.45, 7) is 1.88. The third kappa shape index (κ3) is 4.72. The van der Waals surface area contributed by atoms with Crippen molar-refractivity contribution in [3.63, 3.8) is 0 Å². The first-order valence-corrected chi connectivity index (χ1v) is 10.8. The molecule has 0 aliphatic rings. The molecule has 0 aromatic heterocycles. The molecule has 0 atom stereocenters. The van der Waals surface area contributed by atoms with Gasteiger partial charge in [0.15, 0.2) is 0 Å². The highest BCUT2D eigenvalue weighted by Gasteiger charge is 2.22. The first-order chi connectivity index (χ1) is 13.7. The molecule has 150 valence electrons. The van der Waals surface area contributed by atoms with Crippen LogP contribution in [0.15, 0.2) is 71.6 Å². The molecule has 1 N–H and O–H groups in total. The van der Waals surface area contributed by atoms with Crippen LogP contribution in [0.4, 0.5) is 11.4 Å². The molecule has 0 spiro atoms. The lowest BCUT2D eigenvalue weighted by Crippen LogP contribution is -2.26. The average Bonchev–Trinajstić information content (AvgIpc) is 2.69. The third-order valence-corrected chi connectivity index (χ3v) is 6.71. The van der Waals surface area contributed by atoms with Crippen LogP contribution in [0.25, 0.3) is 0 Å². The topological polar surface area (TPSA) is 66.5 Å². The molecule has 8 heteroatoms. The highest BCUT2D eigenvalue weighted by molar-refractivity contribution is 7.92. The van der Waals surface area contributed by atoms with E-state index in [1.165, 1.54) is 25.2 Å². The molecule has 0 aliphatic carbocycles. The summed E-state index contributed by atoms with van der Waals surface area (Å²) in [6.07, 6.45) is 0. The number of sulfonamides is 1. The molecule has 0 bridgehead atoms. The quantitative estimate of drug-likeness (QED) is 0.569. The normalized spacial score (nSPS) is 11.2. The van der Waals surface area contributed by atoms with Crippen molar-refractivity contribution in [2.75, 3.05) is 16.7 Å². The number of amides is 1. The van der Waals surface area contributed by atoms with E-state index in [2.05, 4.69) is 5.32 Å². The van der Waals surface area contributed by atoms with Gasteiger partial charge in [0.1, 0.15) is 0 Å². The summed E-state index contributed by atoms with van der Waals surface area (Å²) in [5.41, 5.74) is 2.11. The highest BCUT2D eigenvalue weighted by Crippen LogP contribution is 2.28. The summed E-state index contributed by atoms with van der Waals surface area (Å²) >= 11 is 12.1. The van der Waals surface area contributed by atoms with Gasteiger partial charge in [0.2, 0.25) is 0 Å². The first kappa shape index (κ1) is 21.2. The van der Waals surface area contributed by atoms with Gasteiger partial charge in [-0.3, -0.25) is 9.10 Å². The Morgan fingerprint density at radius 3 is 2.14 bits per heavy atom. The summed E-state index contributed by atoms with van der Waals surface area (Å²) < 4.78 is 26.8. The summed E-state index contributed by atoms with van der Waals surface area (Å²) in [6, 6.07) is 17.7. The number of carbonyl (C=O) groups is 1. The zero-order valence-corrected chi connectivity index (χ0v) is 18.0. The maximum atomic E-state index is 12.8. The fraction of sp³-hybridized carbons (Fsp3) is 0.0952. The third-order valence-electron chi connectivity index (χ3n) is 4.34. The number of anilines is 2. The van der Waals surface area contributed by atoms with Crippen LogP contribution >= 0.6 is 23.2 Å². The predicted octanol–water partition coefficient (Wildman–Crippen LogP) is 5.38. The maximum absolute atomic E-state index is 12.8. The lowest BCUT2D eigenvalue weighted by molar-refractivity contribution is 0.102. The fourth-order valence-electron chi connectivity index (χ4n) is 2.62. The van der Waals surface area contributed by atoms with Crippen LogP contribution in [0.1, 0.15) is 15.9 Å². The number of hydrogen-bond donors (Lipinski definition) is 1. The number of rotatable bonds is 5. The Balaban J connectivity index is 1.83. The summed E-state index contributed by atoms with van der Waals surface area (Å²) in [5.74, 6) is -0.409. The van der Waals surface area contributed by atoms with Crippen molar-refractivity contribution in [2.24, 2.45) is 0 Å². The molecular weight excluding hydrogens is 431 g/mol. The SMILES string of the molecule is Cc1ccc(S(=O)(=O)N(C)c2ccc(C(=O)Nc3ccc(Cl)cc3)c(Cl)c2)cc1. The Morgan fingerprint density at radius 1 is 0.931 bits per heavy atom. The molecule has 0 heterocycles. The van der Waals surface area contributed by atoms with Crippen molar-refractivity contribution in [1.29, 1.82) is 0 Å². The van der Waals surface area contributed by atoms with Gasteiger partial charge in [0.25, 0.3) is 15.9 Å². The van der Waals surface area contributed by atoms with E-state index in [1.807, 2.05) is 6.92 Å². The van der Waals surface area contributed by atoms with Gasteiger partial charge in [0.05, 0.1) is 21.2 Å². The lowest BCUT2D eigenvalue weighted by Gasteiger charge is -2.20. The van der Waals surface area contributed by atoms with Gasteiger partial charge in [-0.15, -0.1) is 0 Å². The molecule has 0 aliphatic heterocycles. The lowest BCUT2D eigenvalue weighted by atomic mass is 10.2. The second-order valence-corrected chi connectivity index (χ2v) is 9.22. The van der Waals surface area contributed by atoms with Gasteiger partial charge in [-0.2, -0.15) is 0 Å². The van der Waals surface area contributed by atoms with Gasteiger partial charge in [-0.1, -0.05) is 40.9 Å². The molecule has 0 saturated carbocycles. The van der Waals surface area contributed by atoms with Crippen LogP contribution in [0.2, 0.25) is 10.0 Å². The average molecular weight is 449 g/mol. The molecule has 3 aromatic rings. The Morgan fingerprint density at radius 2 is 1.55 bits per heavy atom. The maximum Gasteiger partial charge on any atom is 0.264 e. The van der Waals surface area contributed by atoms with Crippen molar-refractivity contribution >= 4 is 50.5 Å². The number of nitrogens with one attached hydrogen (secondary N) is 1. The predicted molar refractivity (Wildman–Crippen MR) is 118 cm³/mol. The number of carbonyl (C=O) groups excluding carboxylic acids is 1. The number of nitrogens with zero attached hydrogens (tertiary/aromatic N) is 1. The van der Waals surface area contributed by atoms with Gasteiger partial charge >= 0.3 is 0 Å². The molecule has 0 saturated heterocycles. The van der Waals surface area contributed by atoms with E-state index in [0.717, 1.165) is 9.87 Å². The van der Waals surface area contributed by atoms with E-state index in [4.69, 9.17) is 23.2 Å². The molecule has 0 fully saturated rings. The van der Waals surface area contributed by atoms with E-state index >= 15 is 0 Å². The number of benzene rings is 3. The molecular formula is C21H18Cl2N2O3S. The fourth-order valence-corrected chi connectivity index (χ4v) is 4.20. The summed E-state index contributed by atoms with van der Waals surface area (Å²) in [5, 5.41) is 3.42. The van der Waals surface area contributed by atoms with Crippen molar-refractivity contribution in [3.05, 3.63) is 87.9 Å². The molecule has 0 unspecified atom stereocenters. The van der Waals surface area contributed by atoms with Crippen molar-refractivity contribution in [3.8, 4) is 0 Å². The molecule has 0 radical (unpaired) electrons. The van der Waals surface area contributed by atoms with Crippen LogP contribution < -0.4 is 9.62 Å². The monoisotopic (exact) mass is 448 g/mol. The Kier molecular flexibility index (Phi) is 6.17. The van der Waals surface area contributed by atoms with Crippen LogP contribution in [-0.4, -0.2) is 21.4 Å². The van der Waals surface area contributed by atoms with E-state index in [-0.39, 0.29) is 15.5 Å². The molecule has 3 aromatic carbocycles. The number of halogens is 2. The van der Waals surface area contributed by atoms with E-state index in [9.17, 15) is 13.2 Å². The van der Waals surface area contributed by atoms with E-state index in [0.29, 0.717) is 16.4 Å². The van der Waals surface area contributed by atoms with Crippen LogP contribution in [0.5, 0.6) is 0 Å². The Hall–Kier alpha value is -2.54. The van der Waals surface area contributed by atoms with E-state index in [1.54, 1.807) is 48.5 Å². The molecule has 1 amide bonds. The van der Waals surface area contributed by atoms with Gasteiger partial charge in [-0.05, 0) is 61.5 Å². The number of hydrogen-bond acceptors (Lipinski definition) is 3. The Bertz CT molecular complexity index is 1150. The molecule has 3 rings (SSSR count). The van der Waals surface area contributed by atoms with Gasteiger partial charge < -0.3 is 5.32 Å². The van der Waals surface area contributed by atoms with Crippen LogP contribution in [0.3, 0.4) is 0 Å². The largest absolute Gasteiger partial charge is 0.322 e. The zero-order chi connectivity index (χ0) is 21.2. The van der Waals surface area contributed by atoms with Crippen LogP contribution in [0, 0.1) is 6.92 Å². The smallest absolute Gasteiger partial charge is 0.264 e. The Labute approximate surface area is 179 Å². The highest BCUT2D eigenvalue weighted by atomic mass is 35.5. The minimum absolute atomic E-state index is 0.139. The summed E-state index contributed by atoms with van der Waals surface area (Å²) in [7, 11) is -2.31.